The number of hydrogen-bond donors (Lipinski definition) is 1. The van der Waals surface area contributed by atoms with Crippen molar-refractivity contribution in [3.8, 4) is 0 Å². The Labute approximate surface area is 206 Å². The summed E-state index contributed by atoms with van der Waals surface area (Å²) < 4.78 is 54.9. The molecule has 0 saturated heterocycles. The van der Waals surface area contributed by atoms with Gasteiger partial charge < -0.3 is 10.2 Å². The number of likely N-dealkylation sites (N-methyl/N-ethyl adjacent to an activating group) is 1. The summed E-state index contributed by atoms with van der Waals surface area (Å²) in [6.07, 6.45) is -2.56. The van der Waals surface area contributed by atoms with Gasteiger partial charge in [-0.15, -0.1) is 0 Å². The molecule has 1 atom stereocenters. The van der Waals surface area contributed by atoms with E-state index >= 15 is 0 Å². The molecule has 0 fully saturated rings. The second-order valence-corrected chi connectivity index (χ2v) is 8.70. The topological polar surface area (TPSA) is 49.4 Å². The fourth-order valence-corrected chi connectivity index (χ4v) is 4.01. The number of Topliss-reactive ketones (excluding diaryl/α,β-unsaturated/α-hetero) is 1. The second-order valence-electron chi connectivity index (χ2n) is 7.03. The van der Waals surface area contributed by atoms with Crippen molar-refractivity contribution in [3.63, 3.8) is 0 Å². The Balaban J connectivity index is 2.27. The van der Waals surface area contributed by atoms with Crippen molar-refractivity contribution in [1.82, 2.24) is 10.2 Å². The zero-order valence-electron chi connectivity index (χ0n) is 17.4. The number of benzene rings is 2. The van der Waals surface area contributed by atoms with Crippen LogP contribution in [0, 0.1) is 5.82 Å². The van der Waals surface area contributed by atoms with Crippen LogP contribution < -0.4 is 5.32 Å². The minimum absolute atomic E-state index is 0.179. The Morgan fingerprint density at radius 3 is 2.30 bits per heavy atom. The molecule has 0 aliphatic heterocycles. The molecule has 33 heavy (non-hydrogen) atoms. The van der Waals surface area contributed by atoms with E-state index in [0.717, 1.165) is 18.2 Å². The highest BCUT2D eigenvalue weighted by Gasteiger charge is 2.39. The molecule has 1 unspecified atom stereocenters. The van der Waals surface area contributed by atoms with Gasteiger partial charge in [0.05, 0.1) is 22.5 Å². The van der Waals surface area contributed by atoms with E-state index in [1.54, 1.807) is 6.92 Å². The molecule has 0 aliphatic carbocycles. The summed E-state index contributed by atoms with van der Waals surface area (Å²) in [5.41, 5.74) is 0.339. The SMILES string of the molecule is CCNC(=O)N(C)CC(=O)c1ccc(/C=C/C(c2cc(Cl)c(F)c(Cl)c2)C(F)(F)F)cc1Br. The van der Waals surface area contributed by atoms with Crippen LogP contribution in [0.1, 0.15) is 34.3 Å². The molecule has 0 heterocycles. The highest BCUT2D eigenvalue weighted by Crippen LogP contribution is 2.39. The quantitative estimate of drug-likeness (QED) is 0.220. The molecule has 1 N–H and O–H groups in total. The summed E-state index contributed by atoms with van der Waals surface area (Å²) in [6.45, 7) is 1.98. The minimum Gasteiger partial charge on any atom is -0.338 e. The molecule has 4 nitrogen and oxygen atoms in total. The van der Waals surface area contributed by atoms with Gasteiger partial charge in [0, 0.05) is 23.6 Å². The maximum absolute atomic E-state index is 13.6. The molecule has 0 aromatic heterocycles. The van der Waals surface area contributed by atoms with Gasteiger partial charge >= 0.3 is 12.2 Å². The van der Waals surface area contributed by atoms with Gasteiger partial charge in [0.1, 0.15) is 0 Å². The molecule has 0 saturated carbocycles. The normalized spacial score (nSPS) is 12.6. The van der Waals surface area contributed by atoms with Crippen molar-refractivity contribution in [2.24, 2.45) is 0 Å². The highest BCUT2D eigenvalue weighted by molar-refractivity contribution is 9.10. The van der Waals surface area contributed by atoms with Gasteiger partial charge in [-0.25, -0.2) is 9.18 Å². The first-order valence-electron chi connectivity index (χ1n) is 9.56. The van der Waals surface area contributed by atoms with Crippen LogP contribution in [0.4, 0.5) is 22.4 Å². The number of rotatable bonds is 7. The third-order valence-corrected chi connectivity index (χ3v) is 5.75. The highest BCUT2D eigenvalue weighted by atomic mass is 79.9. The van der Waals surface area contributed by atoms with Gasteiger partial charge in [-0.3, -0.25) is 4.79 Å². The monoisotopic (exact) mass is 568 g/mol. The van der Waals surface area contributed by atoms with Crippen LogP contribution in [0.25, 0.3) is 6.08 Å². The standard InChI is InChI=1S/C22H19BrCl2F4N2O2/c1-3-30-21(33)31(2)11-19(32)14-6-4-12(8-16(14)23)5-7-15(22(27,28)29)13-9-17(24)20(26)18(25)10-13/h4-10,15H,3,11H2,1-2H3,(H,30,33)/b7-5+. The lowest BCUT2D eigenvalue weighted by Crippen LogP contribution is -2.40. The summed E-state index contributed by atoms with van der Waals surface area (Å²) in [6, 6.07) is 5.77. The van der Waals surface area contributed by atoms with E-state index in [2.05, 4.69) is 21.2 Å². The predicted octanol–water partition coefficient (Wildman–Crippen LogP) is 7.10. The number of urea groups is 1. The number of ketones is 1. The molecule has 0 radical (unpaired) electrons. The Kier molecular flexibility index (Phi) is 9.34. The zero-order chi connectivity index (χ0) is 24.9. The van der Waals surface area contributed by atoms with Crippen LogP contribution >= 0.6 is 39.1 Å². The Hall–Kier alpha value is -2.10. The van der Waals surface area contributed by atoms with E-state index in [0.29, 0.717) is 16.6 Å². The average molecular weight is 570 g/mol. The van der Waals surface area contributed by atoms with Gasteiger partial charge in [0.2, 0.25) is 0 Å². The van der Waals surface area contributed by atoms with E-state index in [1.807, 2.05) is 0 Å². The van der Waals surface area contributed by atoms with Gasteiger partial charge in [-0.1, -0.05) is 57.4 Å². The summed E-state index contributed by atoms with van der Waals surface area (Å²) in [5, 5.41) is 1.55. The number of nitrogens with zero attached hydrogens (tertiary/aromatic N) is 1. The summed E-state index contributed by atoms with van der Waals surface area (Å²) in [5.74, 6) is -3.43. The minimum atomic E-state index is -4.68. The van der Waals surface area contributed by atoms with E-state index < -0.39 is 34.0 Å². The molecule has 0 bridgehead atoms. The molecule has 2 aromatic rings. The maximum Gasteiger partial charge on any atom is 0.399 e. The molecular weight excluding hydrogens is 551 g/mol. The third kappa shape index (κ3) is 7.19. The predicted molar refractivity (Wildman–Crippen MR) is 124 cm³/mol. The zero-order valence-corrected chi connectivity index (χ0v) is 20.5. The first-order chi connectivity index (χ1) is 15.3. The Bertz CT molecular complexity index is 1050. The van der Waals surface area contributed by atoms with Gasteiger partial charge in [-0.05, 0) is 42.3 Å². The van der Waals surface area contributed by atoms with Crippen molar-refractivity contribution in [1.29, 1.82) is 0 Å². The van der Waals surface area contributed by atoms with Crippen molar-refractivity contribution in [2.75, 3.05) is 20.1 Å². The van der Waals surface area contributed by atoms with Crippen LogP contribution in [0.15, 0.2) is 40.9 Å². The molecule has 2 rings (SSSR count). The summed E-state index contributed by atoms with van der Waals surface area (Å²) in [7, 11) is 1.47. The number of carbonyl (C=O) groups is 2. The summed E-state index contributed by atoms with van der Waals surface area (Å²) in [4.78, 5) is 25.5. The maximum atomic E-state index is 13.6. The van der Waals surface area contributed by atoms with Gasteiger partial charge in [0.15, 0.2) is 11.6 Å². The van der Waals surface area contributed by atoms with E-state index in [-0.39, 0.29) is 23.5 Å². The first kappa shape index (κ1) is 27.1. The molecule has 0 spiro atoms. The fraction of sp³-hybridized carbons (Fsp3) is 0.273. The number of nitrogens with one attached hydrogen (secondary N) is 1. The number of allylic oxidation sites excluding steroid dienone is 1. The smallest absolute Gasteiger partial charge is 0.338 e. The van der Waals surface area contributed by atoms with Crippen molar-refractivity contribution in [2.45, 2.75) is 19.0 Å². The van der Waals surface area contributed by atoms with Crippen LogP contribution in [-0.4, -0.2) is 43.0 Å². The molecule has 11 heteroatoms. The number of carbonyl (C=O) groups excluding carboxylic acids is 2. The Morgan fingerprint density at radius 1 is 1.18 bits per heavy atom. The summed E-state index contributed by atoms with van der Waals surface area (Å²) >= 11 is 14.6. The lowest BCUT2D eigenvalue weighted by molar-refractivity contribution is -0.139. The van der Waals surface area contributed by atoms with Crippen molar-refractivity contribution in [3.05, 3.63) is 73.4 Å². The lowest BCUT2D eigenvalue weighted by Gasteiger charge is -2.18. The number of hydrogen-bond acceptors (Lipinski definition) is 2. The second kappa shape index (κ2) is 11.4. The van der Waals surface area contributed by atoms with Crippen LogP contribution in [0.3, 0.4) is 0 Å². The van der Waals surface area contributed by atoms with Crippen LogP contribution in [0.5, 0.6) is 0 Å². The van der Waals surface area contributed by atoms with E-state index in [1.165, 1.54) is 36.2 Å². The largest absolute Gasteiger partial charge is 0.399 e. The van der Waals surface area contributed by atoms with Crippen molar-refractivity contribution >= 4 is 57.0 Å². The number of halogens is 7. The Morgan fingerprint density at radius 2 is 1.79 bits per heavy atom. The van der Waals surface area contributed by atoms with Gasteiger partial charge in [0.25, 0.3) is 0 Å². The molecule has 0 aliphatic rings. The number of alkyl halides is 3. The van der Waals surface area contributed by atoms with E-state index in [4.69, 9.17) is 23.2 Å². The number of amides is 2. The van der Waals surface area contributed by atoms with Crippen LogP contribution in [0.2, 0.25) is 10.0 Å². The molecular formula is C22H19BrCl2F4N2O2. The first-order valence-corrected chi connectivity index (χ1v) is 11.1. The molecule has 178 valence electrons. The average Bonchev–Trinajstić information content (AvgIpc) is 2.71. The fourth-order valence-electron chi connectivity index (χ4n) is 2.89. The molecule has 2 aromatic carbocycles. The van der Waals surface area contributed by atoms with Crippen LogP contribution in [-0.2, 0) is 0 Å². The van der Waals surface area contributed by atoms with E-state index in [9.17, 15) is 27.2 Å². The van der Waals surface area contributed by atoms with Gasteiger partial charge in [-0.2, -0.15) is 13.2 Å². The van der Waals surface area contributed by atoms with Crippen molar-refractivity contribution < 1.29 is 27.2 Å². The lowest BCUT2D eigenvalue weighted by atomic mass is 9.96. The molecule has 2 amide bonds. The third-order valence-electron chi connectivity index (χ3n) is 4.55.